The first-order chi connectivity index (χ1) is 10.8. The molecule has 3 fully saturated rings. The minimum absolute atomic E-state index is 0.0171. The molecule has 2 N–H and O–H groups in total. The number of carbonyl (C=O) groups excluding carboxylic acids is 1. The van der Waals surface area contributed by atoms with Gasteiger partial charge in [-0.25, -0.2) is 4.79 Å². The number of nitrogens with one attached hydrogen (secondary N) is 2. The van der Waals surface area contributed by atoms with Crippen LogP contribution < -0.4 is 10.6 Å². The molecule has 3 rings (SSSR count). The lowest BCUT2D eigenvalue weighted by Crippen LogP contribution is -2.51. The van der Waals surface area contributed by atoms with E-state index in [2.05, 4.69) is 10.6 Å². The normalized spacial score (nSPS) is 33.0. The Balaban J connectivity index is 1.34. The highest BCUT2D eigenvalue weighted by Gasteiger charge is 2.40. The van der Waals surface area contributed by atoms with Crippen molar-refractivity contribution in [2.24, 2.45) is 5.92 Å². The molecule has 5 heteroatoms. The third kappa shape index (κ3) is 4.54. The minimum Gasteiger partial charge on any atom is -0.374 e. The van der Waals surface area contributed by atoms with E-state index in [1.54, 1.807) is 0 Å². The van der Waals surface area contributed by atoms with E-state index >= 15 is 0 Å². The Kier molecular flexibility index (Phi) is 5.91. The monoisotopic (exact) mass is 326 g/mol. The lowest BCUT2D eigenvalue weighted by Gasteiger charge is -2.38. The van der Waals surface area contributed by atoms with Crippen LogP contribution in [0.5, 0.6) is 0 Å². The second-order valence-corrected chi connectivity index (χ2v) is 8.32. The molecule has 22 heavy (non-hydrogen) atoms. The van der Waals surface area contributed by atoms with Crippen LogP contribution in [0.15, 0.2) is 0 Å². The molecular formula is C17H30N2O2S. The molecule has 126 valence electrons. The molecule has 0 radical (unpaired) electrons. The van der Waals surface area contributed by atoms with E-state index < -0.39 is 0 Å². The second-order valence-electron chi connectivity index (χ2n) is 7.22. The largest absolute Gasteiger partial charge is 0.374 e. The summed E-state index contributed by atoms with van der Waals surface area (Å²) >= 11 is 1.98. The van der Waals surface area contributed by atoms with Crippen molar-refractivity contribution in [3.05, 3.63) is 0 Å². The highest BCUT2D eigenvalue weighted by Crippen LogP contribution is 2.38. The van der Waals surface area contributed by atoms with Crippen molar-refractivity contribution in [2.75, 3.05) is 24.7 Å². The van der Waals surface area contributed by atoms with Crippen molar-refractivity contribution in [1.29, 1.82) is 0 Å². The van der Waals surface area contributed by atoms with Gasteiger partial charge in [-0.15, -0.1) is 0 Å². The molecule has 0 bridgehead atoms. The molecule has 3 aliphatic rings. The third-order valence-electron chi connectivity index (χ3n) is 5.46. The molecule has 2 saturated heterocycles. The summed E-state index contributed by atoms with van der Waals surface area (Å²) in [5.41, 5.74) is 0.0446. The van der Waals surface area contributed by atoms with Crippen LogP contribution in [-0.4, -0.2) is 42.3 Å². The van der Waals surface area contributed by atoms with Crippen LogP contribution in [0.25, 0.3) is 0 Å². The zero-order valence-electron chi connectivity index (χ0n) is 13.6. The van der Waals surface area contributed by atoms with Crippen LogP contribution in [0.4, 0.5) is 4.79 Å². The van der Waals surface area contributed by atoms with Crippen LogP contribution in [0.2, 0.25) is 0 Å². The maximum absolute atomic E-state index is 12.1. The van der Waals surface area contributed by atoms with Gasteiger partial charge in [-0.1, -0.05) is 32.1 Å². The van der Waals surface area contributed by atoms with Gasteiger partial charge in [-0.2, -0.15) is 11.8 Å². The van der Waals surface area contributed by atoms with E-state index in [4.69, 9.17) is 4.74 Å². The van der Waals surface area contributed by atoms with Crippen LogP contribution in [-0.2, 0) is 4.74 Å². The smallest absolute Gasteiger partial charge is 0.315 e. The van der Waals surface area contributed by atoms with Crippen molar-refractivity contribution in [3.8, 4) is 0 Å². The quantitative estimate of drug-likeness (QED) is 0.833. The van der Waals surface area contributed by atoms with Crippen molar-refractivity contribution >= 4 is 17.8 Å². The summed E-state index contributed by atoms with van der Waals surface area (Å²) < 4.78 is 6.01. The number of hydrogen-bond acceptors (Lipinski definition) is 3. The third-order valence-corrected chi connectivity index (χ3v) is 6.68. The molecule has 2 aliphatic heterocycles. The Hall–Kier alpha value is -0.420. The van der Waals surface area contributed by atoms with E-state index in [1.807, 2.05) is 11.8 Å². The molecule has 2 atom stereocenters. The number of thioether (sulfide) groups is 1. The summed E-state index contributed by atoms with van der Waals surface area (Å²) in [6, 6.07) is 0.297. The summed E-state index contributed by atoms with van der Waals surface area (Å²) in [5, 5.41) is 6.23. The summed E-state index contributed by atoms with van der Waals surface area (Å²) in [6.45, 7) is 1.61. The van der Waals surface area contributed by atoms with Gasteiger partial charge < -0.3 is 15.4 Å². The molecule has 1 aliphatic carbocycles. The fourth-order valence-corrected chi connectivity index (χ4v) is 5.49. The van der Waals surface area contributed by atoms with Gasteiger partial charge in [0.1, 0.15) is 0 Å². The van der Waals surface area contributed by atoms with Crippen LogP contribution >= 0.6 is 11.8 Å². The molecule has 0 aromatic carbocycles. The fraction of sp³-hybridized carbons (Fsp3) is 0.941. The number of hydrogen-bond donors (Lipinski definition) is 2. The number of urea groups is 1. The molecule has 0 aromatic rings. The predicted molar refractivity (Wildman–Crippen MR) is 91.4 cm³/mol. The molecule has 4 nitrogen and oxygen atoms in total. The second kappa shape index (κ2) is 7.91. The van der Waals surface area contributed by atoms with Crippen LogP contribution in [0.1, 0.15) is 57.8 Å². The highest BCUT2D eigenvalue weighted by molar-refractivity contribution is 7.99. The zero-order valence-corrected chi connectivity index (χ0v) is 14.4. The van der Waals surface area contributed by atoms with E-state index in [0.29, 0.717) is 0 Å². The Labute approximate surface area is 138 Å². The molecule has 1 spiro atoms. The standard InChI is InChI=1S/C17H30N2O2S/c20-16(18-9-6-14-4-2-1-3-5-14)19-15-7-10-21-17(12-15)8-11-22-13-17/h14-15H,1-13H2,(H2,18,19,20)/t15-,17-/m0/s1. The molecule has 2 heterocycles. The average molecular weight is 327 g/mol. The number of ether oxygens (including phenoxy) is 1. The van der Waals surface area contributed by atoms with Gasteiger partial charge in [0, 0.05) is 24.9 Å². The van der Waals surface area contributed by atoms with Crippen LogP contribution in [0.3, 0.4) is 0 Å². The summed E-state index contributed by atoms with van der Waals surface area (Å²) in [6.07, 6.45) is 11.1. The highest BCUT2D eigenvalue weighted by atomic mass is 32.2. The average Bonchev–Trinajstić information content (AvgIpc) is 2.96. The molecule has 1 saturated carbocycles. The van der Waals surface area contributed by atoms with Gasteiger partial charge in [-0.05, 0) is 37.4 Å². The van der Waals surface area contributed by atoms with E-state index in [1.165, 1.54) is 37.9 Å². The first-order valence-corrected chi connectivity index (χ1v) is 10.2. The fourth-order valence-electron chi connectivity index (χ4n) is 4.12. The van der Waals surface area contributed by atoms with Crippen molar-refractivity contribution in [2.45, 2.75) is 69.4 Å². The first kappa shape index (κ1) is 16.4. The maximum atomic E-state index is 12.1. The predicted octanol–water partition coefficient (Wildman–Crippen LogP) is 3.31. The van der Waals surface area contributed by atoms with Gasteiger partial charge >= 0.3 is 6.03 Å². The van der Waals surface area contributed by atoms with Crippen molar-refractivity contribution < 1.29 is 9.53 Å². The van der Waals surface area contributed by atoms with Crippen LogP contribution in [0, 0.1) is 5.92 Å². The summed E-state index contributed by atoms with van der Waals surface area (Å²) in [4.78, 5) is 12.1. The number of rotatable bonds is 4. The van der Waals surface area contributed by atoms with Gasteiger partial charge in [0.15, 0.2) is 0 Å². The summed E-state index contributed by atoms with van der Waals surface area (Å²) in [5.74, 6) is 3.12. The van der Waals surface area contributed by atoms with Crippen molar-refractivity contribution in [1.82, 2.24) is 10.6 Å². The Bertz CT molecular complexity index is 366. The minimum atomic E-state index is 0.0171. The van der Waals surface area contributed by atoms with Crippen molar-refractivity contribution in [3.63, 3.8) is 0 Å². The van der Waals surface area contributed by atoms with E-state index in [-0.39, 0.29) is 17.7 Å². The Morgan fingerprint density at radius 3 is 2.86 bits per heavy atom. The topological polar surface area (TPSA) is 50.4 Å². The molecule has 0 unspecified atom stereocenters. The first-order valence-electron chi connectivity index (χ1n) is 9.02. The summed E-state index contributed by atoms with van der Waals surface area (Å²) in [7, 11) is 0. The maximum Gasteiger partial charge on any atom is 0.315 e. The van der Waals surface area contributed by atoms with E-state index in [0.717, 1.165) is 50.5 Å². The lowest BCUT2D eigenvalue weighted by molar-refractivity contribution is -0.0684. The van der Waals surface area contributed by atoms with Gasteiger partial charge in [0.2, 0.25) is 0 Å². The Morgan fingerprint density at radius 2 is 2.09 bits per heavy atom. The number of amides is 2. The Morgan fingerprint density at radius 1 is 1.23 bits per heavy atom. The van der Waals surface area contributed by atoms with Gasteiger partial charge in [0.25, 0.3) is 0 Å². The lowest BCUT2D eigenvalue weighted by atomic mass is 9.87. The van der Waals surface area contributed by atoms with Gasteiger partial charge in [0.05, 0.1) is 5.60 Å². The van der Waals surface area contributed by atoms with E-state index in [9.17, 15) is 4.79 Å². The molecule has 0 aromatic heterocycles. The zero-order chi connectivity index (χ0) is 15.3. The molecular weight excluding hydrogens is 296 g/mol. The number of carbonyl (C=O) groups is 1. The SMILES string of the molecule is O=C(NCCC1CCCCC1)N[C@H]1CCO[C@@]2(CCSC2)C1. The molecule has 2 amide bonds. The van der Waals surface area contributed by atoms with Gasteiger partial charge in [-0.3, -0.25) is 0 Å².